The van der Waals surface area contributed by atoms with Gasteiger partial charge in [0.2, 0.25) is 0 Å². The lowest BCUT2D eigenvalue weighted by Gasteiger charge is -2.28. The van der Waals surface area contributed by atoms with Crippen molar-refractivity contribution in [3.8, 4) is 11.5 Å². The molecule has 2 atom stereocenters. The molecule has 1 aliphatic rings. The van der Waals surface area contributed by atoms with Crippen molar-refractivity contribution in [2.75, 3.05) is 20.8 Å². The van der Waals surface area contributed by atoms with Gasteiger partial charge in [-0.2, -0.15) is 0 Å². The monoisotopic (exact) mass is 279 g/mol. The van der Waals surface area contributed by atoms with Gasteiger partial charge in [0.05, 0.1) is 20.3 Å². The fourth-order valence-corrected chi connectivity index (χ4v) is 2.79. The van der Waals surface area contributed by atoms with Crippen LogP contribution < -0.4 is 14.8 Å². The molecular weight excluding hydrogens is 254 g/mol. The predicted octanol–water partition coefficient (Wildman–Crippen LogP) is 2.14. The lowest BCUT2D eigenvalue weighted by Crippen LogP contribution is -2.42. The third-order valence-corrected chi connectivity index (χ3v) is 4.00. The maximum Gasteiger partial charge on any atom is 0.160 e. The average molecular weight is 279 g/mol. The number of methoxy groups -OCH3 is 2. The summed E-state index contributed by atoms with van der Waals surface area (Å²) in [5, 5.41) is 13.4. The van der Waals surface area contributed by atoms with Crippen LogP contribution in [-0.2, 0) is 6.42 Å². The van der Waals surface area contributed by atoms with Crippen LogP contribution in [0, 0.1) is 0 Å². The third kappa shape index (κ3) is 3.87. The Morgan fingerprint density at radius 2 is 1.90 bits per heavy atom. The van der Waals surface area contributed by atoms with Gasteiger partial charge in [-0.15, -0.1) is 0 Å². The summed E-state index contributed by atoms with van der Waals surface area (Å²) in [6.45, 7) is 0.872. The smallest absolute Gasteiger partial charge is 0.160 e. The first-order chi connectivity index (χ1) is 9.74. The molecule has 0 radical (unpaired) electrons. The van der Waals surface area contributed by atoms with Crippen molar-refractivity contribution in [1.29, 1.82) is 0 Å². The number of rotatable bonds is 6. The first-order valence-electron chi connectivity index (χ1n) is 7.37. The van der Waals surface area contributed by atoms with E-state index < -0.39 is 0 Å². The summed E-state index contributed by atoms with van der Waals surface area (Å²) in [4.78, 5) is 0. The molecular formula is C16H25NO3. The molecule has 4 nitrogen and oxygen atoms in total. The van der Waals surface area contributed by atoms with Crippen LogP contribution in [0.3, 0.4) is 0 Å². The molecule has 2 rings (SSSR count). The molecule has 20 heavy (non-hydrogen) atoms. The number of hydrogen-bond donors (Lipinski definition) is 2. The van der Waals surface area contributed by atoms with E-state index in [1.807, 2.05) is 12.1 Å². The molecule has 1 saturated carbocycles. The van der Waals surface area contributed by atoms with E-state index in [4.69, 9.17) is 9.47 Å². The topological polar surface area (TPSA) is 50.7 Å². The second kappa shape index (κ2) is 7.50. The molecule has 0 aromatic heterocycles. The van der Waals surface area contributed by atoms with Gasteiger partial charge in [0.25, 0.3) is 0 Å². The van der Waals surface area contributed by atoms with Gasteiger partial charge in [-0.1, -0.05) is 18.9 Å². The molecule has 2 N–H and O–H groups in total. The molecule has 1 fully saturated rings. The molecule has 0 aliphatic heterocycles. The fourth-order valence-electron chi connectivity index (χ4n) is 2.79. The third-order valence-electron chi connectivity index (χ3n) is 4.00. The number of aliphatic hydroxyl groups excluding tert-OH is 1. The summed E-state index contributed by atoms with van der Waals surface area (Å²) in [5.41, 5.74) is 1.21. The molecule has 0 spiro atoms. The van der Waals surface area contributed by atoms with Crippen molar-refractivity contribution in [2.24, 2.45) is 0 Å². The standard InChI is InChI=1S/C16H25NO3/c1-19-15-8-7-12(11-16(15)20-2)9-10-17-13-5-3-4-6-14(13)18/h7-8,11,13-14,17-18H,3-6,9-10H2,1-2H3. The lowest BCUT2D eigenvalue weighted by atomic mass is 9.92. The Morgan fingerprint density at radius 1 is 1.15 bits per heavy atom. The molecule has 1 aromatic rings. The van der Waals surface area contributed by atoms with Crippen molar-refractivity contribution in [3.05, 3.63) is 23.8 Å². The molecule has 0 saturated heterocycles. The second-order valence-corrected chi connectivity index (χ2v) is 5.35. The summed E-state index contributed by atoms with van der Waals surface area (Å²) >= 11 is 0. The van der Waals surface area contributed by atoms with E-state index >= 15 is 0 Å². The number of ether oxygens (including phenoxy) is 2. The van der Waals surface area contributed by atoms with E-state index in [1.54, 1.807) is 14.2 Å². The maximum absolute atomic E-state index is 9.92. The Bertz CT molecular complexity index is 422. The zero-order valence-corrected chi connectivity index (χ0v) is 12.4. The summed E-state index contributed by atoms with van der Waals surface area (Å²) in [6, 6.07) is 6.26. The minimum atomic E-state index is -0.186. The van der Waals surface area contributed by atoms with Crippen molar-refractivity contribution in [3.63, 3.8) is 0 Å². The van der Waals surface area contributed by atoms with Crippen LogP contribution in [0.5, 0.6) is 11.5 Å². The SMILES string of the molecule is COc1ccc(CCNC2CCCCC2O)cc1OC. The molecule has 112 valence electrons. The van der Waals surface area contributed by atoms with E-state index in [9.17, 15) is 5.11 Å². The van der Waals surface area contributed by atoms with Crippen LogP contribution in [0.4, 0.5) is 0 Å². The fraction of sp³-hybridized carbons (Fsp3) is 0.625. The predicted molar refractivity (Wildman–Crippen MR) is 79.5 cm³/mol. The first-order valence-corrected chi connectivity index (χ1v) is 7.37. The van der Waals surface area contributed by atoms with Crippen molar-refractivity contribution in [2.45, 2.75) is 44.2 Å². The highest BCUT2D eigenvalue weighted by molar-refractivity contribution is 5.42. The zero-order chi connectivity index (χ0) is 14.4. The number of nitrogens with one attached hydrogen (secondary N) is 1. The van der Waals surface area contributed by atoms with Gasteiger partial charge in [-0.25, -0.2) is 0 Å². The Kier molecular flexibility index (Phi) is 5.68. The van der Waals surface area contributed by atoms with Gasteiger partial charge in [0, 0.05) is 6.04 Å². The molecule has 0 heterocycles. The van der Waals surface area contributed by atoms with E-state index in [2.05, 4.69) is 11.4 Å². The van der Waals surface area contributed by atoms with E-state index in [-0.39, 0.29) is 12.1 Å². The minimum absolute atomic E-state index is 0.186. The molecule has 0 amide bonds. The van der Waals surface area contributed by atoms with Gasteiger partial charge in [-0.05, 0) is 43.5 Å². The van der Waals surface area contributed by atoms with E-state index in [0.29, 0.717) is 0 Å². The van der Waals surface area contributed by atoms with Gasteiger partial charge in [0.1, 0.15) is 0 Å². The van der Waals surface area contributed by atoms with Crippen molar-refractivity contribution >= 4 is 0 Å². The Morgan fingerprint density at radius 3 is 2.60 bits per heavy atom. The molecule has 1 aromatic carbocycles. The minimum Gasteiger partial charge on any atom is -0.493 e. The molecule has 2 unspecified atom stereocenters. The van der Waals surface area contributed by atoms with Crippen LogP contribution in [0.1, 0.15) is 31.2 Å². The van der Waals surface area contributed by atoms with Gasteiger partial charge < -0.3 is 19.9 Å². The highest BCUT2D eigenvalue weighted by atomic mass is 16.5. The van der Waals surface area contributed by atoms with E-state index in [1.165, 1.54) is 12.0 Å². The van der Waals surface area contributed by atoms with Gasteiger partial charge in [0.15, 0.2) is 11.5 Å². The van der Waals surface area contributed by atoms with Gasteiger partial charge >= 0.3 is 0 Å². The summed E-state index contributed by atoms with van der Waals surface area (Å²) in [6.07, 6.45) is 5.10. The summed E-state index contributed by atoms with van der Waals surface area (Å²) < 4.78 is 10.5. The van der Waals surface area contributed by atoms with Crippen LogP contribution >= 0.6 is 0 Å². The van der Waals surface area contributed by atoms with Crippen LogP contribution in [0.15, 0.2) is 18.2 Å². The highest BCUT2D eigenvalue weighted by Crippen LogP contribution is 2.27. The first kappa shape index (κ1) is 15.1. The Hall–Kier alpha value is -1.26. The van der Waals surface area contributed by atoms with Crippen molar-refractivity contribution in [1.82, 2.24) is 5.32 Å². The summed E-state index contributed by atoms with van der Waals surface area (Å²) in [7, 11) is 3.29. The largest absolute Gasteiger partial charge is 0.493 e. The second-order valence-electron chi connectivity index (χ2n) is 5.35. The number of benzene rings is 1. The normalized spacial score (nSPS) is 22.6. The number of aliphatic hydroxyl groups is 1. The van der Waals surface area contributed by atoms with Crippen LogP contribution in [0.2, 0.25) is 0 Å². The molecule has 1 aliphatic carbocycles. The zero-order valence-electron chi connectivity index (χ0n) is 12.4. The van der Waals surface area contributed by atoms with E-state index in [0.717, 1.165) is 43.7 Å². The Balaban J connectivity index is 1.84. The molecule has 0 bridgehead atoms. The van der Waals surface area contributed by atoms with Crippen LogP contribution in [0.25, 0.3) is 0 Å². The number of hydrogen-bond acceptors (Lipinski definition) is 4. The van der Waals surface area contributed by atoms with Crippen LogP contribution in [-0.4, -0.2) is 38.0 Å². The maximum atomic E-state index is 9.92. The quantitative estimate of drug-likeness (QED) is 0.837. The average Bonchev–Trinajstić information content (AvgIpc) is 2.49. The molecule has 4 heteroatoms. The van der Waals surface area contributed by atoms with Crippen molar-refractivity contribution < 1.29 is 14.6 Å². The Labute approximate surface area is 121 Å². The lowest BCUT2D eigenvalue weighted by molar-refractivity contribution is 0.0914. The summed E-state index contributed by atoms with van der Waals surface area (Å²) in [5.74, 6) is 1.52. The highest BCUT2D eigenvalue weighted by Gasteiger charge is 2.21. The van der Waals surface area contributed by atoms with Gasteiger partial charge in [-0.3, -0.25) is 0 Å².